The van der Waals surface area contributed by atoms with Crippen LogP contribution in [0.15, 0.2) is 47.6 Å². The number of pyridine rings is 1. The van der Waals surface area contributed by atoms with Crippen molar-refractivity contribution in [1.82, 2.24) is 14.6 Å². The van der Waals surface area contributed by atoms with Gasteiger partial charge in [-0.15, -0.1) is 0 Å². The summed E-state index contributed by atoms with van der Waals surface area (Å²) in [6.07, 6.45) is 4.60. The lowest BCUT2D eigenvalue weighted by molar-refractivity contribution is -0.126. The molecule has 0 unspecified atom stereocenters. The lowest BCUT2D eigenvalue weighted by Gasteiger charge is -2.31. The molecule has 150 valence electrons. The number of nitrogens with zero attached hydrogens (tertiary/aromatic N) is 2. The molecule has 1 aromatic heterocycles. The van der Waals surface area contributed by atoms with E-state index in [2.05, 4.69) is 10.3 Å². The van der Waals surface area contributed by atoms with E-state index in [1.165, 1.54) is 29.6 Å². The van der Waals surface area contributed by atoms with Gasteiger partial charge in [0.25, 0.3) is 0 Å². The van der Waals surface area contributed by atoms with E-state index >= 15 is 0 Å². The summed E-state index contributed by atoms with van der Waals surface area (Å²) in [6.45, 7) is 0.910. The number of methoxy groups -OCH3 is 1. The minimum absolute atomic E-state index is 0.0937. The van der Waals surface area contributed by atoms with Crippen LogP contribution in [-0.4, -0.2) is 43.8 Å². The van der Waals surface area contributed by atoms with Crippen LogP contribution in [0.3, 0.4) is 0 Å². The monoisotopic (exact) mass is 423 g/mol. The maximum absolute atomic E-state index is 13.0. The highest BCUT2D eigenvalue weighted by atomic mass is 35.5. The molecule has 0 radical (unpaired) electrons. The third-order valence-corrected chi connectivity index (χ3v) is 6.89. The van der Waals surface area contributed by atoms with Gasteiger partial charge >= 0.3 is 0 Å². The number of sulfonamides is 1. The van der Waals surface area contributed by atoms with Crippen LogP contribution in [-0.2, 0) is 21.4 Å². The zero-order valence-electron chi connectivity index (χ0n) is 15.5. The molecule has 1 aliphatic heterocycles. The zero-order valence-corrected chi connectivity index (χ0v) is 17.0. The summed E-state index contributed by atoms with van der Waals surface area (Å²) in [7, 11) is -2.27. The number of halogens is 1. The number of amides is 1. The Balaban J connectivity index is 1.68. The first-order valence-corrected chi connectivity index (χ1v) is 10.7. The maximum atomic E-state index is 13.0. The van der Waals surface area contributed by atoms with E-state index in [0.717, 1.165) is 5.56 Å². The first-order chi connectivity index (χ1) is 13.4. The smallest absolute Gasteiger partial charge is 0.243 e. The Hall–Kier alpha value is -2.16. The molecule has 1 fully saturated rings. The van der Waals surface area contributed by atoms with Crippen LogP contribution in [0.25, 0.3) is 0 Å². The van der Waals surface area contributed by atoms with Gasteiger partial charge in [0, 0.05) is 32.0 Å². The van der Waals surface area contributed by atoms with Crippen molar-refractivity contribution in [3.05, 3.63) is 53.3 Å². The van der Waals surface area contributed by atoms with Crippen LogP contribution < -0.4 is 10.1 Å². The summed E-state index contributed by atoms with van der Waals surface area (Å²) in [6, 6.07) is 8.02. The molecule has 0 saturated carbocycles. The van der Waals surface area contributed by atoms with Crippen molar-refractivity contribution in [2.45, 2.75) is 24.3 Å². The van der Waals surface area contributed by atoms with Crippen molar-refractivity contribution in [2.75, 3.05) is 20.2 Å². The molecule has 1 aromatic carbocycles. The molecule has 1 atom stereocenters. The highest BCUT2D eigenvalue weighted by Gasteiger charge is 2.33. The van der Waals surface area contributed by atoms with Crippen molar-refractivity contribution >= 4 is 27.5 Å². The first-order valence-electron chi connectivity index (χ1n) is 8.92. The van der Waals surface area contributed by atoms with Crippen molar-refractivity contribution in [3.63, 3.8) is 0 Å². The fraction of sp³-hybridized carbons (Fsp3) is 0.368. The average molecular weight is 424 g/mol. The number of benzene rings is 1. The molecule has 0 aliphatic carbocycles. The Morgan fingerprint density at radius 3 is 2.75 bits per heavy atom. The van der Waals surface area contributed by atoms with E-state index in [-0.39, 0.29) is 28.3 Å². The Bertz CT molecular complexity index is 937. The molecule has 2 heterocycles. The highest BCUT2D eigenvalue weighted by Crippen LogP contribution is 2.30. The van der Waals surface area contributed by atoms with Crippen molar-refractivity contribution in [1.29, 1.82) is 0 Å². The Labute approximate surface area is 169 Å². The number of hydrogen-bond acceptors (Lipinski definition) is 5. The van der Waals surface area contributed by atoms with Crippen LogP contribution >= 0.6 is 11.6 Å². The number of nitrogens with one attached hydrogen (secondary N) is 1. The number of carbonyl (C=O) groups is 1. The summed E-state index contributed by atoms with van der Waals surface area (Å²) in [5.74, 6) is -0.129. The first kappa shape index (κ1) is 20.6. The Morgan fingerprint density at radius 1 is 1.32 bits per heavy atom. The van der Waals surface area contributed by atoms with Gasteiger partial charge < -0.3 is 10.1 Å². The molecule has 1 amide bonds. The molecule has 0 bridgehead atoms. The van der Waals surface area contributed by atoms with Crippen LogP contribution in [0.5, 0.6) is 5.75 Å². The number of carbonyl (C=O) groups excluding carboxylic acids is 1. The van der Waals surface area contributed by atoms with Gasteiger partial charge in [0.15, 0.2) is 0 Å². The number of piperidine rings is 1. The largest absolute Gasteiger partial charge is 0.495 e. The second-order valence-corrected chi connectivity index (χ2v) is 8.92. The molecule has 3 rings (SSSR count). The molecule has 0 spiro atoms. The van der Waals surface area contributed by atoms with Crippen LogP contribution in [0.2, 0.25) is 5.02 Å². The lowest BCUT2D eigenvalue weighted by Crippen LogP contribution is -2.45. The topological polar surface area (TPSA) is 88.6 Å². The fourth-order valence-corrected chi connectivity index (χ4v) is 5.04. The van der Waals surface area contributed by atoms with Gasteiger partial charge in [-0.1, -0.05) is 11.6 Å². The maximum Gasteiger partial charge on any atom is 0.243 e. The second-order valence-electron chi connectivity index (χ2n) is 6.57. The lowest BCUT2D eigenvalue weighted by atomic mass is 9.99. The van der Waals surface area contributed by atoms with Gasteiger partial charge in [0.05, 0.1) is 22.9 Å². The third kappa shape index (κ3) is 4.63. The molecule has 1 N–H and O–H groups in total. The number of hydrogen-bond donors (Lipinski definition) is 1. The van der Waals surface area contributed by atoms with Crippen molar-refractivity contribution in [2.24, 2.45) is 5.92 Å². The second kappa shape index (κ2) is 8.89. The van der Waals surface area contributed by atoms with E-state index in [4.69, 9.17) is 16.3 Å². The van der Waals surface area contributed by atoms with E-state index in [1.807, 2.05) is 12.1 Å². The normalized spacial score (nSPS) is 17.9. The molecular formula is C19H22ClN3O4S. The van der Waals surface area contributed by atoms with E-state index < -0.39 is 10.0 Å². The molecule has 1 aliphatic rings. The molecule has 7 nitrogen and oxygen atoms in total. The highest BCUT2D eigenvalue weighted by molar-refractivity contribution is 7.89. The van der Waals surface area contributed by atoms with E-state index in [0.29, 0.717) is 31.7 Å². The average Bonchev–Trinajstić information content (AvgIpc) is 2.72. The van der Waals surface area contributed by atoms with Gasteiger partial charge in [-0.25, -0.2) is 8.42 Å². The SMILES string of the molecule is COc1ccc(S(=O)(=O)N2CCC[C@@H](C(=O)NCc3ccncc3)C2)cc1Cl. The predicted molar refractivity (Wildman–Crippen MR) is 106 cm³/mol. The van der Waals surface area contributed by atoms with Gasteiger partial charge in [0.2, 0.25) is 15.9 Å². The predicted octanol–water partition coefficient (Wildman–Crippen LogP) is 2.46. The van der Waals surface area contributed by atoms with Crippen molar-refractivity contribution < 1.29 is 17.9 Å². The van der Waals surface area contributed by atoms with E-state index in [1.54, 1.807) is 12.4 Å². The summed E-state index contributed by atoms with van der Waals surface area (Å²) in [5, 5.41) is 3.11. The zero-order chi connectivity index (χ0) is 20.1. The van der Waals surface area contributed by atoms with Crippen LogP contribution in [0, 0.1) is 5.92 Å². The Kier molecular flexibility index (Phi) is 6.53. The summed E-state index contributed by atoms with van der Waals surface area (Å²) >= 11 is 6.08. The minimum atomic E-state index is -3.74. The molecule has 9 heteroatoms. The summed E-state index contributed by atoms with van der Waals surface area (Å²) < 4.78 is 32.4. The number of aromatic nitrogens is 1. The standard InChI is InChI=1S/C19H22ClN3O4S/c1-27-18-5-4-16(11-17(18)20)28(25,26)23-10-2-3-15(13-23)19(24)22-12-14-6-8-21-9-7-14/h4-9,11,15H,2-3,10,12-13H2,1H3,(H,22,24)/t15-/m1/s1. The minimum Gasteiger partial charge on any atom is -0.495 e. The van der Waals surface area contributed by atoms with Gasteiger partial charge in [-0.3, -0.25) is 9.78 Å². The summed E-state index contributed by atoms with van der Waals surface area (Å²) in [5.41, 5.74) is 0.941. The quantitative estimate of drug-likeness (QED) is 0.770. The third-order valence-electron chi connectivity index (χ3n) is 4.73. The van der Waals surface area contributed by atoms with Crippen LogP contribution in [0.4, 0.5) is 0 Å². The number of ether oxygens (including phenoxy) is 1. The molecular weight excluding hydrogens is 402 g/mol. The Morgan fingerprint density at radius 2 is 2.07 bits per heavy atom. The van der Waals surface area contributed by atoms with E-state index in [9.17, 15) is 13.2 Å². The molecule has 28 heavy (non-hydrogen) atoms. The van der Waals surface area contributed by atoms with Gasteiger partial charge in [-0.05, 0) is 48.7 Å². The molecule has 1 saturated heterocycles. The number of rotatable bonds is 6. The van der Waals surface area contributed by atoms with Crippen LogP contribution in [0.1, 0.15) is 18.4 Å². The fourth-order valence-electron chi connectivity index (χ4n) is 3.17. The van der Waals surface area contributed by atoms with Gasteiger partial charge in [-0.2, -0.15) is 4.31 Å². The summed E-state index contributed by atoms with van der Waals surface area (Å²) in [4.78, 5) is 16.6. The van der Waals surface area contributed by atoms with Gasteiger partial charge in [0.1, 0.15) is 5.75 Å². The van der Waals surface area contributed by atoms with Crippen molar-refractivity contribution in [3.8, 4) is 5.75 Å². The molecule has 2 aromatic rings.